The van der Waals surface area contributed by atoms with E-state index in [2.05, 4.69) is 17.2 Å². The van der Waals surface area contributed by atoms with Gasteiger partial charge in [-0.2, -0.15) is 10.5 Å². The monoisotopic (exact) mass is 423 g/mol. The molecular weight excluding hydrogens is 402 g/mol. The van der Waals surface area contributed by atoms with Crippen LogP contribution in [0.5, 0.6) is 5.75 Å². The molecule has 2 aliphatic heterocycles. The molecule has 2 aliphatic rings. The lowest BCUT2D eigenvalue weighted by Crippen LogP contribution is -2.37. The lowest BCUT2D eigenvalue weighted by atomic mass is 10.1. The van der Waals surface area contributed by atoms with Crippen LogP contribution in [-0.4, -0.2) is 59.6 Å². The summed E-state index contributed by atoms with van der Waals surface area (Å²) >= 11 is 1.45. The molecule has 0 aliphatic carbocycles. The van der Waals surface area contributed by atoms with E-state index in [-0.39, 0.29) is 18.0 Å². The van der Waals surface area contributed by atoms with Crippen LogP contribution in [0.2, 0.25) is 0 Å². The van der Waals surface area contributed by atoms with Gasteiger partial charge in [-0.3, -0.25) is 4.79 Å². The average molecular weight is 423 g/mol. The van der Waals surface area contributed by atoms with E-state index >= 15 is 0 Å². The molecule has 9 heteroatoms. The van der Waals surface area contributed by atoms with Gasteiger partial charge >= 0.3 is 0 Å². The maximum absolute atomic E-state index is 13.1. The molecule has 154 valence electrons. The number of fused-ring (bicyclic) bond motifs is 1. The number of benzene rings is 1. The fourth-order valence-corrected chi connectivity index (χ4v) is 5.16. The van der Waals surface area contributed by atoms with Crippen LogP contribution in [0.15, 0.2) is 18.2 Å². The van der Waals surface area contributed by atoms with Crippen LogP contribution in [0, 0.1) is 22.8 Å². The van der Waals surface area contributed by atoms with Gasteiger partial charge in [-0.25, -0.2) is 4.98 Å². The zero-order chi connectivity index (χ0) is 21.3. The van der Waals surface area contributed by atoms with Gasteiger partial charge in [-0.05, 0) is 25.5 Å². The fourth-order valence-electron chi connectivity index (χ4n) is 4.08. The number of aromatic nitrogens is 1. The van der Waals surface area contributed by atoms with Crippen LogP contribution < -0.4 is 4.74 Å². The van der Waals surface area contributed by atoms with Gasteiger partial charge in [0.2, 0.25) is 0 Å². The standard InChI is InChI=1S/C21H21N5O3S/c1-3-29-19-13(8-22)5-4-6-16(19)20-24-18-17(30-20)10-26(21(18)27)14-7-15(11-28-2)25(9-14)12-23/h4-6,14-15H,3,7,9-11H2,1-2H3/t14-,15+/m1/s1. The predicted molar refractivity (Wildman–Crippen MR) is 110 cm³/mol. The van der Waals surface area contributed by atoms with Gasteiger partial charge in [0.05, 0.1) is 47.8 Å². The molecule has 0 saturated carbocycles. The predicted octanol–water partition coefficient (Wildman–Crippen LogP) is 2.61. The Balaban J connectivity index is 1.58. The molecule has 0 radical (unpaired) electrons. The SMILES string of the molecule is CCOc1c(C#N)cccc1-c1nc2c(s1)CN([C@@H]1C[C@@H](COC)N(C#N)C1)C2=O. The van der Waals surface area contributed by atoms with Crippen LogP contribution in [0.4, 0.5) is 0 Å². The first-order valence-electron chi connectivity index (χ1n) is 9.73. The zero-order valence-corrected chi connectivity index (χ0v) is 17.6. The van der Waals surface area contributed by atoms with E-state index in [1.807, 2.05) is 17.9 Å². The molecule has 2 atom stereocenters. The molecule has 1 fully saturated rings. The van der Waals surface area contributed by atoms with E-state index < -0.39 is 0 Å². The summed E-state index contributed by atoms with van der Waals surface area (Å²) in [6.07, 6.45) is 2.91. The van der Waals surface area contributed by atoms with Gasteiger partial charge in [0, 0.05) is 13.7 Å². The van der Waals surface area contributed by atoms with Crippen LogP contribution >= 0.6 is 11.3 Å². The molecular formula is C21H21N5O3S. The number of carbonyl (C=O) groups excluding carboxylic acids is 1. The molecule has 8 nitrogen and oxygen atoms in total. The average Bonchev–Trinajstić information content (AvgIpc) is 3.43. The molecule has 4 rings (SSSR count). The van der Waals surface area contributed by atoms with E-state index in [4.69, 9.17) is 9.47 Å². The minimum atomic E-state index is -0.108. The number of likely N-dealkylation sites (tertiary alicyclic amines) is 1. The molecule has 30 heavy (non-hydrogen) atoms. The van der Waals surface area contributed by atoms with Crippen molar-refractivity contribution in [2.45, 2.75) is 32.0 Å². The summed E-state index contributed by atoms with van der Waals surface area (Å²) in [6, 6.07) is 7.46. The van der Waals surface area contributed by atoms with Crippen molar-refractivity contribution in [3.8, 4) is 28.6 Å². The van der Waals surface area contributed by atoms with Crippen molar-refractivity contribution in [2.75, 3.05) is 26.9 Å². The summed E-state index contributed by atoms with van der Waals surface area (Å²) in [5, 5.41) is 19.4. The van der Waals surface area contributed by atoms with E-state index in [1.54, 1.807) is 24.1 Å². The lowest BCUT2D eigenvalue weighted by molar-refractivity contribution is 0.0706. The van der Waals surface area contributed by atoms with Crippen molar-refractivity contribution in [1.82, 2.24) is 14.8 Å². The Morgan fingerprint density at radius 1 is 1.37 bits per heavy atom. The third-order valence-electron chi connectivity index (χ3n) is 5.45. The molecule has 0 spiro atoms. The molecule has 2 aromatic rings. The number of amides is 1. The summed E-state index contributed by atoms with van der Waals surface area (Å²) < 4.78 is 10.9. The number of para-hydroxylation sites is 1. The molecule has 1 saturated heterocycles. The topological polar surface area (TPSA) is 102 Å². The number of methoxy groups -OCH3 is 1. The van der Waals surface area contributed by atoms with E-state index in [0.717, 1.165) is 10.4 Å². The van der Waals surface area contributed by atoms with Crippen LogP contribution in [0.1, 0.15) is 34.3 Å². The number of rotatable bonds is 6. The lowest BCUT2D eigenvalue weighted by Gasteiger charge is -2.22. The largest absolute Gasteiger partial charge is 0.492 e. The number of hydrogen-bond acceptors (Lipinski definition) is 8. The maximum atomic E-state index is 13.1. The molecule has 1 amide bonds. The second-order valence-corrected chi connectivity index (χ2v) is 8.29. The Kier molecular flexibility index (Phi) is 5.58. The highest BCUT2D eigenvalue weighted by atomic mass is 32.1. The Morgan fingerprint density at radius 3 is 2.87 bits per heavy atom. The fraction of sp³-hybridized carbons (Fsp3) is 0.429. The van der Waals surface area contributed by atoms with E-state index in [9.17, 15) is 15.3 Å². The van der Waals surface area contributed by atoms with Crippen molar-refractivity contribution in [3.63, 3.8) is 0 Å². The highest BCUT2D eigenvalue weighted by molar-refractivity contribution is 7.15. The van der Waals surface area contributed by atoms with Crippen LogP contribution in [0.3, 0.4) is 0 Å². The first-order valence-corrected chi connectivity index (χ1v) is 10.5. The van der Waals surface area contributed by atoms with Gasteiger partial charge in [-0.15, -0.1) is 11.3 Å². The summed E-state index contributed by atoms with van der Waals surface area (Å²) in [7, 11) is 1.62. The molecule has 0 unspecified atom stereocenters. The Labute approximate surface area is 178 Å². The zero-order valence-electron chi connectivity index (χ0n) is 16.8. The molecule has 0 bridgehead atoms. The third-order valence-corrected chi connectivity index (χ3v) is 6.52. The molecule has 1 aromatic heterocycles. The Bertz CT molecular complexity index is 1050. The second-order valence-electron chi connectivity index (χ2n) is 7.20. The van der Waals surface area contributed by atoms with Crippen LogP contribution in [0.25, 0.3) is 10.6 Å². The van der Waals surface area contributed by atoms with Crippen molar-refractivity contribution < 1.29 is 14.3 Å². The second kappa shape index (κ2) is 8.31. The summed E-state index contributed by atoms with van der Waals surface area (Å²) in [5.74, 6) is 0.393. The van der Waals surface area contributed by atoms with Gasteiger partial charge in [0.1, 0.15) is 22.5 Å². The number of thiazole rings is 1. The van der Waals surface area contributed by atoms with Crippen molar-refractivity contribution >= 4 is 17.2 Å². The van der Waals surface area contributed by atoms with Crippen molar-refractivity contribution in [3.05, 3.63) is 34.3 Å². The first-order chi connectivity index (χ1) is 14.6. The minimum absolute atomic E-state index is 0.0116. The Hall–Kier alpha value is -3.14. The first kappa shape index (κ1) is 20.1. The molecule has 1 aromatic carbocycles. The number of ether oxygens (including phenoxy) is 2. The number of nitriles is 2. The number of hydrogen-bond donors (Lipinski definition) is 0. The third kappa shape index (κ3) is 3.36. The molecule has 0 N–H and O–H groups in total. The van der Waals surface area contributed by atoms with Crippen LogP contribution in [-0.2, 0) is 11.3 Å². The highest BCUT2D eigenvalue weighted by Gasteiger charge is 2.42. The van der Waals surface area contributed by atoms with E-state index in [0.29, 0.717) is 54.7 Å². The maximum Gasteiger partial charge on any atom is 0.274 e. The summed E-state index contributed by atoms with van der Waals surface area (Å²) in [5.41, 5.74) is 1.63. The van der Waals surface area contributed by atoms with Gasteiger partial charge in [0.25, 0.3) is 5.91 Å². The Morgan fingerprint density at radius 2 is 2.20 bits per heavy atom. The number of carbonyl (C=O) groups is 1. The number of nitrogens with zero attached hydrogens (tertiary/aromatic N) is 5. The normalized spacial score (nSPS) is 20.2. The van der Waals surface area contributed by atoms with Gasteiger partial charge in [-0.1, -0.05) is 6.07 Å². The summed E-state index contributed by atoms with van der Waals surface area (Å²) in [4.78, 5) is 22.1. The summed E-state index contributed by atoms with van der Waals surface area (Å²) in [6.45, 7) is 3.76. The van der Waals surface area contributed by atoms with Gasteiger partial charge < -0.3 is 19.3 Å². The van der Waals surface area contributed by atoms with Crippen molar-refractivity contribution in [2.24, 2.45) is 0 Å². The van der Waals surface area contributed by atoms with Crippen molar-refractivity contribution in [1.29, 1.82) is 10.5 Å². The van der Waals surface area contributed by atoms with E-state index in [1.165, 1.54) is 11.3 Å². The highest BCUT2D eigenvalue weighted by Crippen LogP contribution is 2.40. The smallest absolute Gasteiger partial charge is 0.274 e. The minimum Gasteiger partial charge on any atom is -0.492 e. The molecule has 3 heterocycles. The van der Waals surface area contributed by atoms with Gasteiger partial charge in [0.15, 0.2) is 6.19 Å². The quantitative estimate of drug-likeness (QED) is 0.658.